The molecule has 38 heavy (non-hydrogen) atoms. The van der Waals surface area contributed by atoms with Gasteiger partial charge in [-0.1, -0.05) is 28.9 Å². The van der Waals surface area contributed by atoms with E-state index >= 15 is 0 Å². The minimum atomic E-state index is -1.14. The minimum Gasteiger partial charge on any atom is -0.477 e. The molecule has 5 rings (SSSR count). The van der Waals surface area contributed by atoms with Gasteiger partial charge in [0.05, 0.1) is 12.2 Å². The van der Waals surface area contributed by atoms with Gasteiger partial charge in [-0.05, 0) is 48.0 Å². The highest BCUT2D eigenvalue weighted by molar-refractivity contribution is 6.30. The van der Waals surface area contributed by atoms with E-state index in [1.54, 1.807) is 53.1 Å². The largest absolute Gasteiger partial charge is 0.477 e. The number of carboxylic acid groups (broad SMARTS) is 1. The normalized spacial score (nSPS) is 10.8. The topological polar surface area (TPSA) is 132 Å². The lowest BCUT2D eigenvalue weighted by Crippen LogP contribution is -2.27. The van der Waals surface area contributed by atoms with Gasteiger partial charge in [0.1, 0.15) is 17.8 Å². The molecular formula is C27H20ClN5O5. The molecule has 0 atom stereocenters. The van der Waals surface area contributed by atoms with Crippen molar-refractivity contribution in [3.05, 3.63) is 123 Å². The van der Waals surface area contributed by atoms with E-state index < -0.39 is 5.97 Å². The van der Waals surface area contributed by atoms with Crippen LogP contribution in [0, 0.1) is 0 Å². The molecule has 0 radical (unpaired) electrons. The van der Waals surface area contributed by atoms with Gasteiger partial charge < -0.3 is 19.7 Å². The molecule has 0 fully saturated rings. The molecule has 2 aromatic carbocycles. The van der Waals surface area contributed by atoms with E-state index in [0.29, 0.717) is 39.4 Å². The predicted octanol–water partition coefficient (Wildman–Crippen LogP) is 5.15. The summed E-state index contributed by atoms with van der Waals surface area (Å²) in [5.74, 6) is 0.0498. The highest BCUT2D eigenvalue weighted by atomic mass is 35.5. The predicted molar refractivity (Wildman–Crippen MR) is 139 cm³/mol. The molecule has 0 aliphatic heterocycles. The van der Waals surface area contributed by atoms with E-state index in [4.69, 9.17) is 26.0 Å². The number of carbonyl (C=O) groups is 1. The molecule has 0 saturated heterocycles. The van der Waals surface area contributed by atoms with Crippen molar-refractivity contribution < 1.29 is 19.2 Å². The quantitative estimate of drug-likeness (QED) is 0.266. The van der Waals surface area contributed by atoms with Crippen LogP contribution in [0.15, 0.2) is 94.7 Å². The third-order valence-corrected chi connectivity index (χ3v) is 5.78. The van der Waals surface area contributed by atoms with Crippen molar-refractivity contribution in [3.8, 4) is 11.5 Å². The molecule has 0 bridgehead atoms. The van der Waals surface area contributed by atoms with Crippen molar-refractivity contribution in [1.29, 1.82) is 0 Å². The highest BCUT2D eigenvalue weighted by Crippen LogP contribution is 2.25. The van der Waals surface area contributed by atoms with E-state index in [1.165, 1.54) is 24.7 Å². The zero-order valence-electron chi connectivity index (χ0n) is 19.7. The summed E-state index contributed by atoms with van der Waals surface area (Å²) in [5.41, 5.74) is 2.31. The van der Waals surface area contributed by atoms with Crippen LogP contribution in [0.3, 0.4) is 0 Å². The zero-order chi connectivity index (χ0) is 26.5. The SMILES string of the molecule is O=C(O)c1cc(Oc2ccc(Nc3ncc(Cc4ccon4)c(=O)n3Cc3ccc(Cl)cc3)cc2)ccn1. The molecule has 0 aliphatic rings. The number of anilines is 2. The van der Waals surface area contributed by atoms with Crippen molar-refractivity contribution in [2.45, 2.75) is 13.0 Å². The van der Waals surface area contributed by atoms with E-state index in [2.05, 4.69) is 20.4 Å². The second-order valence-electron chi connectivity index (χ2n) is 8.23. The Morgan fingerprint density at radius 3 is 2.53 bits per heavy atom. The van der Waals surface area contributed by atoms with Crippen molar-refractivity contribution in [3.63, 3.8) is 0 Å². The van der Waals surface area contributed by atoms with Gasteiger partial charge in [0.15, 0.2) is 5.69 Å². The number of aromatic carboxylic acids is 1. The number of benzene rings is 2. The first-order valence-electron chi connectivity index (χ1n) is 11.4. The standard InChI is InChI=1S/C27H20ClN5O5/c28-19-3-1-17(2-4-19)16-33-25(34)18(13-21-10-12-37-32-21)15-30-27(33)31-20-5-7-22(8-6-20)38-23-9-11-29-24(14-23)26(35)36/h1-12,14-15H,13,16H2,(H,30,31)(H,35,36). The molecule has 0 amide bonds. The average Bonchev–Trinajstić information content (AvgIpc) is 3.43. The summed E-state index contributed by atoms with van der Waals surface area (Å²) in [5, 5.41) is 16.8. The number of ether oxygens (including phenoxy) is 1. The van der Waals surface area contributed by atoms with E-state index in [-0.39, 0.29) is 24.2 Å². The molecule has 0 unspecified atom stereocenters. The summed E-state index contributed by atoms with van der Waals surface area (Å²) in [4.78, 5) is 32.9. The number of hydrogen-bond donors (Lipinski definition) is 2. The fraction of sp³-hybridized carbons (Fsp3) is 0.0741. The lowest BCUT2D eigenvalue weighted by atomic mass is 10.2. The van der Waals surface area contributed by atoms with Gasteiger partial charge in [0.25, 0.3) is 5.56 Å². The first kappa shape index (κ1) is 24.7. The van der Waals surface area contributed by atoms with Crippen LogP contribution < -0.4 is 15.6 Å². The van der Waals surface area contributed by atoms with E-state index in [1.807, 2.05) is 12.1 Å². The van der Waals surface area contributed by atoms with Crippen molar-refractivity contribution >= 4 is 29.2 Å². The van der Waals surface area contributed by atoms with Gasteiger partial charge in [-0.3, -0.25) is 9.36 Å². The van der Waals surface area contributed by atoms with E-state index in [0.717, 1.165) is 5.56 Å². The Labute approximate surface area is 221 Å². The van der Waals surface area contributed by atoms with Crippen LogP contribution >= 0.6 is 11.6 Å². The maximum atomic E-state index is 13.4. The molecule has 3 heterocycles. The molecule has 5 aromatic rings. The number of rotatable bonds is 9. The molecule has 2 N–H and O–H groups in total. The molecular weight excluding hydrogens is 510 g/mol. The summed E-state index contributed by atoms with van der Waals surface area (Å²) in [6, 6.07) is 18.8. The molecule has 11 heteroatoms. The van der Waals surface area contributed by atoms with Crippen molar-refractivity contribution in [2.24, 2.45) is 0 Å². The molecule has 3 aromatic heterocycles. The Hall–Kier alpha value is -4.96. The number of nitrogens with zero attached hydrogens (tertiary/aromatic N) is 4. The number of halogens is 1. The second-order valence-corrected chi connectivity index (χ2v) is 8.66. The van der Waals surface area contributed by atoms with Crippen LogP contribution in [0.4, 0.5) is 11.6 Å². The van der Waals surface area contributed by atoms with Gasteiger partial charge >= 0.3 is 5.97 Å². The Balaban J connectivity index is 1.40. The number of carboxylic acids is 1. The Kier molecular flexibility index (Phi) is 7.14. The van der Waals surface area contributed by atoms with Gasteiger partial charge in [0.2, 0.25) is 5.95 Å². The smallest absolute Gasteiger partial charge is 0.354 e. The van der Waals surface area contributed by atoms with E-state index in [9.17, 15) is 9.59 Å². The Bertz CT molecular complexity index is 1620. The summed E-state index contributed by atoms with van der Waals surface area (Å²) < 4.78 is 12.2. The highest BCUT2D eigenvalue weighted by Gasteiger charge is 2.14. The van der Waals surface area contributed by atoms with Crippen LogP contribution in [0.1, 0.15) is 27.3 Å². The zero-order valence-corrected chi connectivity index (χ0v) is 20.5. The third kappa shape index (κ3) is 5.88. The first-order chi connectivity index (χ1) is 18.4. The maximum absolute atomic E-state index is 13.4. The van der Waals surface area contributed by atoms with Crippen LogP contribution in [0.2, 0.25) is 5.02 Å². The Morgan fingerprint density at radius 2 is 1.82 bits per heavy atom. The van der Waals surface area contributed by atoms with Crippen LogP contribution in [-0.4, -0.2) is 30.8 Å². The van der Waals surface area contributed by atoms with Crippen molar-refractivity contribution in [1.82, 2.24) is 19.7 Å². The minimum absolute atomic E-state index is 0.113. The lowest BCUT2D eigenvalue weighted by Gasteiger charge is -2.15. The first-order valence-corrected chi connectivity index (χ1v) is 11.8. The van der Waals surface area contributed by atoms with Crippen LogP contribution in [0.25, 0.3) is 0 Å². The van der Waals surface area contributed by atoms with Crippen molar-refractivity contribution in [2.75, 3.05) is 5.32 Å². The number of aromatic nitrogens is 4. The summed E-state index contributed by atoms with van der Waals surface area (Å²) >= 11 is 6.03. The summed E-state index contributed by atoms with van der Waals surface area (Å²) in [6.45, 7) is 0.271. The molecule has 0 spiro atoms. The average molecular weight is 530 g/mol. The monoisotopic (exact) mass is 529 g/mol. The third-order valence-electron chi connectivity index (χ3n) is 5.53. The second kappa shape index (κ2) is 11.0. The summed E-state index contributed by atoms with van der Waals surface area (Å²) in [7, 11) is 0. The van der Waals surface area contributed by atoms with Crippen LogP contribution in [-0.2, 0) is 13.0 Å². The maximum Gasteiger partial charge on any atom is 0.354 e. The van der Waals surface area contributed by atoms with Gasteiger partial charge in [-0.25, -0.2) is 14.8 Å². The molecule has 10 nitrogen and oxygen atoms in total. The van der Waals surface area contributed by atoms with Crippen LogP contribution in [0.5, 0.6) is 11.5 Å². The Morgan fingerprint density at radius 1 is 1.03 bits per heavy atom. The van der Waals surface area contributed by atoms with Gasteiger partial charge in [-0.15, -0.1) is 0 Å². The summed E-state index contributed by atoms with van der Waals surface area (Å²) in [6.07, 6.45) is 4.64. The number of pyridine rings is 1. The lowest BCUT2D eigenvalue weighted by molar-refractivity contribution is 0.0690. The molecule has 0 saturated carbocycles. The fourth-order valence-electron chi connectivity index (χ4n) is 3.66. The number of nitrogens with one attached hydrogen (secondary N) is 1. The number of hydrogen-bond acceptors (Lipinski definition) is 8. The van der Waals surface area contributed by atoms with Gasteiger partial charge in [-0.2, -0.15) is 0 Å². The molecule has 0 aliphatic carbocycles. The fourth-order valence-corrected chi connectivity index (χ4v) is 3.79. The molecule has 190 valence electrons. The van der Waals surface area contributed by atoms with Gasteiger partial charge in [0, 0.05) is 47.2 Å².